The molecule has 0 atom stereocenters. The van der Waals surface area contributed by atoms with Crippen molar-refractivity contribution in [3.8, 4) is 0 Å². The number of anilines is 1. The van der Waals surface area contributed by atoms with Gasteiger partial charge in [-0.25, -0.2) is 4.98 Å². The van der Waals surface area contributed by atoms with Gasteiger partial charge in [-0.05, 0) is 83.8 Å². The maximum atomic E-state index is 12.9. The zero-order valence-electron chi connectivity index (χ0n) is 38.9. The molecule has 0 aliphatic carbocycles. The predicted octanol–water partition coefficient (Wildman–Crippen LogP) is 12.4. The van der Waals surface area contributed by atoms with Gasteiger partial charge in [0.2, 0.25) is 5.95 Å². The molecule has 11 nitrogen and oxygen atoms in total. The number of hydrogen-bond acceptors (Lipinski definition) is 9. The minimum Gasteiger partial charge on any atom is -0.466 e. The van der Waals surface area contributed by atoms with Gasteiger partial charge in [0.15, 0.2) is 11.2 Å². The number of aromatic amines is 1. The van der Waals surface area contributed by atoms with Gasteiger partial charge in [-0.1, -0.05) is 156 Å². The van der Waals surface area contributed by atoms with E-state index in [4.69, 9.17) is 15.2 Å². The molecule has 0 saturated carbocycles. The lowest BCUT2D eigenvalue weighted by molar-refractivity contribution is -0.150. The van der Waals surface area contributed by atoms with Gasteiger partial charge in [-0.2, -0.15) is 4.98 Å². The first-order chi connectivity index (χ1) is 29.4. The van der Waals surface area contributed by atoms with Crippen molar-refractivity contribution in [2.45, 2.75) is 245 Å². The van der Waals surface area contributed by atoms with Gasteiger partial charge in [0.25, 0.3) is 5.56 Å². The fourth-order valence-corrected chi connectivity index (χ4v) is 8.16. The number of fused-ring (bicyclic) bond motifs is 1. The number of aryl methyl sites for hydroxylation is 1. The Morgan fingerprint density at radius 3 is 1.67 bits per heavy atom. The summed E-state index contributed by atoms with van der Waals surface area (Å²) in [4.78, 5) is 51.0. The second-order valence-corrected chi connectivity index (χ2v) is 17.5. The Bertz CT molecular complexity index is 1380. The standard InChI is InChI=1S/C49H90N6O5/c1-4-7-10-13-18-25-33-43(34-26-19-14-11-8-5-2)60-45(57)36-28-21-17-23-30-38-54(39-32-40-55-42-51-46-47(55)52-49(50)53-48(46)58)37-29-22-16-20-27-35-44(56)59-41-31-24-15-12-9-6-3/h42-43H,4-41H2,1-3H3,(H3,50,52,53,58). The van der Waals surface area contributed by atoms with Crippen molar-refractivity contribution in [1.82, 2.24) is 24.4 Å². The summed E-state index contributed by atoms with van der Waals surface area (Å²) in [6, 6.07) is 0. The van der Waals surface area contributed by atoms with Crippen molar-refractivity contribution in [2.24, 2.45) is 0 Å². The van der Waals surface area contributed by atoms with Crippen LogP contribution in [0.5, 0.6) is 0 Å². The zero-order chi connectivity index (χ0) is 43.3. The molecule has 11 heteroatoms. The maximum Gasteiger partial charge on any atom is 0.306 e. The molecule has 346 valence electrons. The van der Waals surface area contributed by atoms with Gasteiger partial charge in [0.1, 0.15) is 6.10 Å². The number of aromatic nitrogens is 4. The molecule has 0 aromatic carbocycles. The third-order valence-electron chi connectivity index (χ3n) is 11.9. The van der Waals surface area contributed by atoms with Gasteiger partial charge in [0.05, 0.1) is 12.9 Å². The minimum atomic E-state index is -0.309. The van der Waals surface area contributed by atoms with Crippen LogP contribution >= 0.6 is 0 Å². The van der Waals surface area contributed by atoms with E-state index in [2.05, 4.69) is 40.6 Å². The number of nitrogens with two attached hydrogens (primary N) is 1. The average molecular weight is 843 g/mol. The second-order valence-electron chi connectivity index (χ2n) is 17.5. The molecule has 3 N–H and O–H groups in total. The van der Waals surface area contributed by atoms with Crippen LogP contribution in [0.3, 0.4) is 0 Å². The van der Waals surface area contributed by atoms with Crippen LogP contribution in [0.25, 0.3) is 11.2 Å². The van der Waals surface area contributed by atoms with Gasteiger partial charge in [-0.3, -0.25) is 19.4 Å². The van der Waals surface area contributed by atoms with Crippen molar-refractivity contribution in [1.29, 1.82) is 0 Å². The first-order valence-corrected chi connectivity index (χ1v) is 25.2. The lowest BCUT2D eigenvalue weighted by atomic mass is 10.0. The first-order valence-electron chi connectivity index (χ1n) is 25.2. The lowest BCUT2D eigenvalue weighted by Gasteiger charge is -2.22. The highest BCUT2D eigenvalue weighted by molar-refractivity contribution is 5.70. The van der Waals surface area contributed by atoms with Crippen LogP contribution in [0.4, 0.5) is 5.95 Å². The monoisotopic (exact) mass is 843 g/mol. The number of hydrogen-bond donors (Lipinski definition) is 2. The number of esters is 2. The van der Waals surface area contributed by atoms with E-state index in [1.165, 1.54) is 103 Å². The number of carbonyl (C=O) groups excluding carboxylic acids is 2. The van der Waals surface area contributed by atoms with E-state index in [1.807, 2.05) is 4.57 Å². The lowest BCUT2D eigenvalue weighted by Crippen LogP contribution is -2.28. The molecule has 0 saturated heterocycles. The van der Waals surface area contributed by atoms with E-state index in [1.54, 1.807) is 6.33 Å². The maximum absolute atomic E-state index is 12.9. The quantitative estimate of drug-likeness (QED) is 0.0492. The summed E-state index contributed by atoms with van der Waals surface area (Å²) in [6.07, 6.45) is 38.9. The molecule has 2 aromatic rings. The van der Waals surface area contributed by atoms with Crippen molar-refractivity contribution in [3.05, 3.63) is 16.7 Å². The summed E-state index contributed by atoms with van der Waals surface area (Å²) in [5, 5.41) is 0. The van der Waals surface area contributed by atoms with Crippen LogP contribution in [-0.4, -0.2) is 68.7 Å². The Balaban J connectivity index is 1.71. The Morgan fingerprint density at radius 1 is 0.633 bits per heavy atom. The molecule has 0 unspecified atom stereocenters. The number of ether oxygens (including phenoxy) is 2. The van der Waals surface area contributed by atoms with Gasteiger partial charge in [0, 0.05) is 19.4 Å². The van der Waals surface area contributed by atoms with Crippen molar-refractivity contribution < 1.29 is 19.1 Å². The second kappa shape index (κ2) is 36.7. The topological polar surface area (TPSA) is 145 Å². The largest absolute Gasteiger partial charge is 0.466 e. The highest BCUT2D eigenvalue weighted by atomic mass is 16.5. The molecule has 0 spiro atoms. The number of carbonyl (C=O) groups is 2. The number of nitrogen functional groups attached to an aromatic ring is 1. The number of nitrogens with one attached hydrogen (secondary N) is 1. The van der Waals surface area contributed by atoms with Gasteiger partial charge < -0.3 is 24.7 Å². The van der Waals surface area contributed by atoms with Crippen molar-refractivity contribution in [3.63, 3.8) is 0 Å². The Kier molecular flexibility index (Phi) is 32.5. The molecule has 2 aromatic heterocycles. The van der Waals surface area contributed by atoms with E-state index in [9.17, 15) is 14.4 Å². The van der Waals surface area contributed by atoms with E-state index >= 15 is 0 Å². The van der Waals surface area contributed by atoms with Crippen LogP contribution in [0.2, 0.25) is 0 Å². The summed E-state index contributed by atoms with van der Waals surface area (Å²) in [5.74, 6) is 0.0582. The highest BCUT2D eigenvalue weighted by Crippen LogP contribution is 2.19. The summed E-state index contributed by atoms with van der Waals surface area (Å²) in [7, 11) is 0. The summed E-state index contributed by atoms with van der Waals surface area (Å²) >= 11 is 0. The smallest absolute Gasteiger partial charge is 0.306 e. The Labute approximate surface area is 365 Å². The molecule has 0 aliphatic heterocycles. The van der Waals surface area contributed by atoms with Crippen LogP contribution in [-0.2, 0) is 25.6 Å². The Hall–Kier alpha value is -2.95. The molecule has 60 heavy (non-hydrogen) atoms. The number of imidazole rings is 1. The first kappa shape index (κ1) is 53.2. The molecule has 0 fully saturated rings. The number of nitrogens with zero attached hydrogens (tertiary/aromatic N) is 4. The molecule has 2 heterocycles. The molecule has 0 radical (unpaired) electrons. The summed E-state index contributed by atoms with van der Waals surface area (Å²) in [5.41, 5.74) is 6.36. The third kappa shape index (κ3) is 27.1. The van der Waals surface area contributed by atoms with Crippen molar-refractivity contribution >= 4 is 29.1 Å². The average Bonchev–Trinajstić information content (AvgIpc) is 3.64. The molecule has 0 aliphatic rings. The number of H-pyrrole nitrogens is 1. The van der Waals surface area contributed by atoms with Crippen LogP contribution < -0.4 is 11.3 Å². The highest BCUT2D eigenvalue weighted by Gasteiger charge is 2.15. The van der Waals surface area contributed by atoms with E-state index < -0.39 is 0 Å². The summed E-state index contributed by atoms with van der Waals surface area (Å²) < 4.78 is 13.4. The van der Waals surface area contributed by atoms with Crippen LogP contribution in [0, 0.1) is 0 Å². The molecule has 0 amide bonds. The number of unbranched alkanes of at least 4 members (excludes halogenated alkanes) is 23. The SMILES string of the molecule is CCCCCCCCOC(=O)CCCCCCCN(CCCCCCCC(=O)OC(CCCCCCCC)CCCCCCCC)CCCn1cnc2c(=O)[nH]c(N)nc21. The molecular formula is C49H90N6O5. The normalized spacial score (nSPS) is 11.7. The van der Waals surface area contributed by atoms with Crippen molar-refractivity contribution in [2.75, 3.05) is 32.0 Å². The van der Waals surface area contributed by atoms with Crippen LogP contribution in [0.1, 0.15) is 233 Å². The molecular weight excluding hydrogens is 753 g/mol. The zero-order valence-corrected chi connectivity index (χ0v) is 38.9. The van der Waals surface area contributed by atoms with Crippen LogP contribution in [0.15, 0.2) is 11.1 Å². The predicted molar refractivity (Wildman–Crippen MR) is 249 cm³/mol. The fourth-order valence-electron chi connectivity index (χ4n) is 8.16. The minimum absolute atomic E-state index is 0.000245. The number of rotatable bonds is 42. The summed E-state index contributed by atoms with van der Waals surface area (Å²) in [6.45, 7) is 11.1. The molecule has 0 bridgehead atoms. The van der Waals surface area contributed by atoms with E-state index in [0.29, 0.717) is 37.2 Å². The fraction of sp³-hybridized carbons (Fsp3) is 0.857. The van der Waals surface area contributed by atoms with E-state index in [0.717, 1.165) is 116 Å². The van der Waals surface area contributed by atoms with Gasteiger partial charge in [-0.15, -0.1) is 0 Å². The Morgan fingerprint density at radius 2 is 1.10 bits per heavy atom. The van der Waals surface area contributed by atoms with E-state index in [-0.39, 0.29) is 29.6 Å². The third-order valence-corrected chi connectivity index (χ3v) is 11.9. The molecule has 2 rings (SSSR count). The van der Waals surface area contributed by atoms with Gasteiger partial charge >= 0.3 is 11.9 Å².